The number of rotatable bonds is 5. The SMILES string of the molecule is O=C(c1ccccc1Br)N1N=C(c2c(-c3ccccc3)c3cc(Br)ccc3[nH]c2=O)C[C@@H]1/C=C\c1ccccc1. The zero-order chi connectivity index (χ0) is 27.6. The van der Waals surface area contributed by atoms with Crippen LogP contribution in [0.1, 0.15) is 27.9 Å². The lowest BCUT2D eigenvalue weighted by molar-refractivity contribution is 0.0741. The maximum atomic E-state index is 13.8. The predicted molar refractivity (Wildman–Crippen MR) is 168 cm³/mol. The smallest absolute Gasteiger partial charge is 0.275 e. The van der Waals surface area contributed by atoms with Crippen molar-refractivity contribution in [1.82, 2.24) is 9.99 Å². The van der Waals surface area contributed by atoms with Gasteiger partial charge in [-0.2, -0.15) is 5.10 Å². The lowest BCUT2D eigenvalue weighted by Gasteiger charge is -2.19. The molecule has 2 heterocycles. The maximum absolute atomic E-state index is 13.8. The molecule has 0 saturated heterocycles. The van der Waals surface area contributed by atoms with Crippen LogP contribution >= 0.6 is 31.9 Å². The molecule has 1 N–H and O–H groups in total. The van der Waals surface area contributed by atoms with Crippen molar-refractivity contribution in [2.75, 3.05) is 0 Å². The molecule has 1 aliphatic heterocycles. The van der Waals surface area contributed by atoms with Crippen molar-refractivity contribution < 1.29 is 4.79 Å². The highest BCUT2D eigenvalue weighted by Crippen LogP contribution is 2.34. The third-order valence-electron chi connectivity index (χ3n) is 6.90. The van der Waals surface area contributed by atoms with Gasteiger partial charge in [0.1, 0.15) is 0 Å². The topological polar surface area (TPSA) is 65.5 Å². The number of H-pyrrole nitrogens is 1. The van der Waals surface area contributed by atoms with Gasteiger partial charge >= 0.3 is 0 Å². The van der Waals surface area contributed by atoms with E-state index in [0.29, 0.717) is 27.7 Å². The van der Waals surface area contributed by atoms with Crippen molar-refractivity contribution in [3.05, 3.63) is 145 Å². The standard InChI is InChI=1S/C33H23Br2N3O2/c34-23-16-18-28-26(19-23)30(22-11-5-2-6-12-22)31(32(39)36-28)29-20-24(17-15-21-9-3-1-4-10-21)38(37-29)33(40)25-13-7-8-14-27(25)35/h1-19,24H,20H2,(H,36,39)/b17-15-/t24-/m0/s1. The molecule has 0 unspecified atom stereocenters. The Kier molecular flexibility index (Phi) is 7.32. The Labute approximate surface area is 248 Å². The van der Waals surface area contributed by atoms with Crippen LogP contribution in [0, 0.1) is 0 Å². The summed E-state index contributed by atoms with van der Waals surface area (Å²) in [5, 5.41) is 7.23. The summed E-state index contributed by atoms with van der Waals surface area (Å²) in [5.74, 6) is -0.244. The quantitative estimate of drug-likeness (QED) is 0.209. The number of hydrazone groups is 1. The lowest BCUT2D eigenvalue weighted by atomic mass is 9.92. The first-order valence-electron chi connectivity index (χ1n) is 12.8. The average molecular weight is 653 g/mol. The Morgan fingerprint density at radius 2 is 1.57 bits per heavy atom. The second-order valence-electron chi connectivity index (χ2n) is 9.48. The summed E-state index contributed by atoms with van der Waals surface area (Å²) in [6.07, 6.45) is 4.36. The minimum Gasteiger partial charge on any atom is -0.321 e. The first kappa shape index (κ1) is 26.2. The number of carbonyl (C=O) groups excluding carboxylic acids is 1. The van der Waals surface area contributed by atoms with E-state index in [4.69, 9.17) is 5.10 Å². The molecule has 0 radical (unpaired) electrons. The van der Waals surface area contributed by atoms with Crippen LogP contribution in [0.5, 0.6) is 0 Å². The first-order chi connectivity index (χ1) is 19.5. The highest BCUT2D eigenvalue weighted by molar-refractivity contribution is 9.10. The Morgan fingerprint density at radius 1 is 0.875 bits per heavy atom. The number of pyridine rings is 1. The molecule has 1 aliphatic rings. The van der Waals surface area contributed by atoms with Crippen LogP contribution in [-0.4, -0.2) is 27.7 Å². The van der Waals surface area contributed by atoms with Gasteiger partial charge in [-0.1, -0.05) is 101 Å². The number of hydrogen-bond donors (Lipinski definition) is 1. The number of aromatic nitrogens is 1. The number of amides is 1. The van der Waals surface area contributed by atoms with E-state index in [0.717, 1.165) is 32.1 Å². The normalized spacial score (nSPS) is 15.1. The molecule has 5 nitrogen and oxygen atoms in total. The Bertz CT molecular complexity index is 1850. The van der Waals surface area contributed by atoms with Crippen molar-refractivity contribution in [2.45, 2.75) is 12.5 Å². The molecule has 0 bridgehead atoms. The Balaban J connectivity index is 1.53. The van der Waals surface area contributed by atoms with Crippen LogP contribution in [0.4, 0.5) is 0 Å². The zero-order valence-corrected chi connectivity index (χ0v) is 24.4. The molecule has 0 saturated carbocycles. The monoisotopic (exact) mass is 651 g/mol. The summed E-state index contributed by atoms with van der Waals surface area (Å²) in [6, 6.07) is 32.5. The molecular formula is C33H23Br2N3O2. The minimum atomic E-state index is -0.379. The number of halogens is 2. The van der Waals surface area contributed by atoms with Gasteiger partial charge in [-0.15, -0.1) is 0 Å². The second-order valence-corrected chi connectivity index (χ2v) is 11.2. The Morgan fingerprint density at radius 3 is 2.33 bits per heavy atom. The molecule has 0 fully saturated rings. The molecule has 1 amide bonds. The first-order valence-corrected chi connectivity index (χ1v) is 14.4. The van der Waals surface area contributed by atoms with Crippen molar-refractivity contribution in [3.8, 4) is 11.1 Å². The van der Waals surface area contributed by atoms with Crippen LogP contribution in [0.15, 0.2) is 128 Å². The molecule has 7 heteroatoms. The summed E-state index contributed by atoms with van der Waals surface area (Å²) in [5.41, 5.74) is 4.74. The van der Waals surface area contributed by atoms with Crippen molar-refractivity contribution in [2.24, 2.45) is 5.10 Å². The lowest BCUT2D eigenvalue weighted by Crippen LogP contribution is -2.31. The number of carbonyl (C=O) groups is 1. The van der Waals surface area contributed by atoms with E-state index in [1.165, 1.54) is 5.01 Å². The maximum Gasteiger partial charge on any atom is 0.275 e. The molecule has 5 aromatic rings. The van der Waals surface area contributed by atoms with Crippen LogP contribution in [0.2, 0.25) is 0 Å². The molecule has 1 aromatic heterocycles. The van der Waals surface area contributed by atoms with Crippen molar-refractivity contribution in [3.63, 3.8) is 0 Å². The number of benzene rings is 4. The fourth-order valence-electron chi connectivity index (χ4n) is 5.02. The van der Waals surface area contributed by atoms with Crippen molar-refractivity contribution in [1.29, 1.82) is 0 Å². The fourth-order valence-corrected chi connectivity index (χ4v) is 5.83. The van der Waals surface area contributed by atoms with Gasteiger partial charge in [0.25, 0.3) is 11.5 Å². The summed E-state index contributed by atoms with van der Waals surface area (Å²) >= 11 is 7.10. The number of fused-ring (bicyclic) bond motifs is 1. The van der Waals surface area contributed by atoms with Gasteiger partial charge in [-0.3, -0.25) is 9.59 Å². The highest BCUT2D eigenvalue weighted by atomic mass is 79.9. The van der Waals surface area contributed by atoms with E-state index in [2.05, 4.69) is 36.8 Å². The van der Waals surface area contributed by atoms with Crippen molar-refractivity contribution >= 4 is 60.5 Å². The largest absolute Gasteiger partial charge is 0.321 e. The van der Waals surface area contributed by atoms with Gasteiger partial charge in [0.2, 0.25) is 0 Å². The minimum absolute atomic E-state index is 0.242. The summed E-state index contributed by atoms with van der Waals surface area (Å²) in [4.78, 5) is 30.6. The molecule has 4 aromatic carbocycles. The third-order valence-corrected chi connectivity index (χ3v) is 8.08. The van der Waals surface area contributed by atoms with Crippen LogP contribution in [0.25, 0.3) is 28.1 Å². The van der Waals surface area contributed by atoms with Crippen LogP contribution in [-0.2, 0) is 0 Å². The fraction of sp³-hybridized carbons (Fsp3) is 0.0606. The van der Waals surface area contributed by atoms with E-state index in [1.807, 2.05) is 109 Å². The number of aromatic amines is 1. The molecule has 0 aliphatic carbocycles. The Hall–Kier alpha value is -4.07. The predicted octanol–water partition coefficient (Wildman–Crippen LogP) is 8.05. The van der Waals surface area contributed by atoms with E-state index < -0.39 is 0 Å². The van der Waals surface area contributed by atoms with Crippen LogP contribution < -0.4 is 5.56 Å². The van der Waals surface area contributed by atoms with E-state index in [-0.39, 0.29) is 17.5 Å². The number of hydrogen-bond acceptors (Lipinski definition) is 3. The van der Waals surface area contributed by atoms with Gasteiger partial charge in [0, 0.05) is 31.8 Å². The van der Waals surface area contributed by atoms with E-state index >= 15 is 0 Å². The second kappa shape index (κ2) is 11.2. The zero-order valence-electron chi connectivity index (χ0n) is 21.2. The third kappa shape index (κ3) is 5.10. The van der Waals surface area contributed by atoms with Gasteiger partial charge in [0.05, 0.1) is 22.9 Å². The van der Waals surface area contributed by atoms with E-state index in [9.17, 15) is 9.59 Å². The highest BCUT2D eigenvalue weighted by Gasteiger charge is 2.34. The number of nitrogens with one attached hydrogen (secondary N) is 1. The van der Waals surface area contributed by atoms with Gasteiger partial charge in [0.15, 0.2) is 0 Å². The molecule has 0 spiro atoms. The molecule has 40 heavy (non-hydrogen) atoms. The molecule has 6 rings (SSSR count). The summed E-state index contributed by atoms with van der Waals surface area (Å²) in [6.45, 7) is 0. The summed E-state index contributed by atoms with van der Waals surface area (Å²) < 4.78 is 1.59. The summed E-state index contributed by atoms with van der Waals surface area (Å²) in [7, 11) is 0. The molecule has 1 atom stereocenters. The van der Waals surface area contributed by atoms with E-state index in [1.54, 1.807) is 6.07 Å². The average Bonchev–Trinajstić information content (AvgIpc) is 3.40. The van der Waals surface area contributed by atoms with Gasteiger partial charge in [-0.05, 0) is 57.4 Å². The molecular weight excluding hydrogens is 630 g/mol. The van der Waals surface area contributed by atoms with Gasteiger partial charge < -0.3 is 4.98 Å². The molecule has 196 valence electrons. The van der Waals surface area contributed by atoms with Gasteiger partial charge in [-0.25, -0.2) is 5.01 Å². The van der Waals surface area contributed by atoms with Crippen LogP contribution in [0.3, 0.4) is 0 Å². The number of nitrogens with zero attached hydrogens (tertiary/aromatic N) is 2.